The minimum Gasteiger partial charge on any atom is -0.492 e. The zero-order valence-electron chi connectivity index (χ0n) is 15.1. The Bertz CT molecular complexity index is 438. The number of hydrogen-bond donors (Lipinski definition) is 2. The van der Waals surface area contributed by atoms with E-state index in [1.54, 1.807) is 0 Å². The minimum atomic E-state index is 0. The number of nitrogens with one attached hydrogen (secondary N) is 2. The molecular formula is C18H32IN3O2. The lowest BCUT2D eigenvalue weighted by atomic mass is 10.2. The fraction of sp³-hybridized carbons (Fsp3) is 0.611. The van der Waals surface area contributed by atoms with Crippen molar-refractivity contribution in [3.05, 3.63) is 29.8 Å². The van der Waals surface area contributed by atoms with Crippen LogP contribution in [0.25, 0.3) is 0 Å². The summed E-state index contributed by atoms with van der Waals surface area (Å²) < 4.78 is 11.0. The van der Waals surface area contributed by atoms with Crippen LogP contribution in [0.15, 0.2) is 29.3 Å². The van der Waals surface area contributed by atoms with Crippen molar-refractivity contribution in [2.45, 2.75) is 33.6 Å². The molecule has 6 heteroatoms. The van der Waals surface area contributed by atoms with Crippen molar-refractivity contribution < 1.29 is 9.47 Å². The first-order chi connectivity index (χ1) is 11.3. The average Bonchev–Trinajstić information content (AvgIpc) is 2.56. The molecule has 0 aliphatic carbocycles. The van der Waals surface area contributed by atoms with Crippen molar-refractivity contribution in [3.63, 3.8) is 0 Å². The Balaban J connectivity index is 0.00000529. The molecule has 0 fully saturated rings. The van der Waals surface area contributed by atoms with Gasteiger partial charge in [-0.3, -0.25) is 4.99 Å². The molecule has 0 atom stereocenters. The molecule has 24 heavy (non-hydrogen) atoms. The van der Waals surface area contributed by atoms with E-state index in [-0.39, 0.29) is 24.0 Å². The van der Waals surface area contributed by atoms with Crippen LogP contribution in [0, 0.1) is 6.92 Å². The number of aliphatic imine (C=N–C) groups is 1. The molecular weight excluding hydrogens is 417 g/mol. The van der Waals surface area contributed by atoms with Crippen LogP contribution in [0.5, 0.6) is 5.75 Å². The maximum absolute atomic E-state index is 5.70. The lowest BCUT2D eigenvalue weighted by Gasteiger charge is -2.12. The lowest BCUT2D eigenvalue weighted by Crippen LogP contribution is -2.39. The Morgan fingerprint density at radius 1 is 1.04 bits per heavy atom. The maximum atomic E-state index is 5.70. The highest BCUT2D eigenvalue weighted by atomic mass is 127. The number of aryl methyl sites for hydroxylation is 1. The summed E-state index contributed by atoms with van der Waals surface area (Å²) in [5.41, 5.74) is 1.24. The monoisotopic (exact) mass is 449 g/mol. The summed E-state index contributed by atoms with van der Waals surface area (Å²) in [4.78, 5) is 4.55. The Kier molecular flexibility index (Phi) is 14.8. The van der Waals surface area contributed by atoms with Gasteiger partial charge in [-0.15, -0.1) is 24.0 Å². The van der Waals surface area contributed by atoms with E-state index in [1.165, 1.54) is 5.56 Å². The fourth-order valence-electron chi connectivity index (χ4n) is 1.97. The first kappa shape index (κ1) is 23.0. The molecule has 0 heterocycles. The number of rotatable bonds is 11. The molecule has 0 aliphatic rings. The zero-order valence-corrected chi connectivity index (χ0v) is 17.5. The zero-order chi connectivity index (χ0) is 16.8. The molecule has 0 aromatic heterocycles. The molecule has 0 amide bonds. The normalized spacial score (nSPS) is 10.9. The third-order valence-electron chi connectivity index (χ3n) is 3.20. The second kappa shape index (κ2) is 15.5. The van der Waals surface area contributed by atoms with Crippen molar-refractivity contribution >= 4 is 29.9 Å². The summed E-state index contributed by atoms with van der Waals surface area (Å²) in [6.07, 6.45) is 2.09. The van der Waals surface area contributed by atoms with Gasteiger partial charge in [0.1, 0.15) is 12.4 Å². The van der Waals surface area contributed by atoms with Crippen LogP contribution < -0.4 is 15.4 Å². The molecule has 138 valence electrons. The maximum Gasteiger partial charge on any atom is 0.191 e. The third-order valence-corrected chi connectivity index (χ3v) is 3.20. The first-order valence-corrected chi connectivity index (χ1v) is 8.55. The minimum absolute atomic E-state index is 0. The molecule has 0 spiro atoms. The molecule has 0 unspecified atom stereocenters. The topological polar surface area (TPSA) is 54.9 Å². The van der Waals surface area contributed by atoms with Gasteiger partial charge in [-0.05, 0) is 45.7 Å². The predicted molar refractivity (Wildman–Crippen MR) is 112 cm³/mol. The van der Waals surface area contributed by atoms with Gasteiger partial charge in [-0.1, -0.05) is 17.7 Å². The van der Waals surface area contributed by atoms with E-state index in [0.717, 1.165) is 57.4 Å². The van der Waals surface area contributed by atoms with E-state index in [4.69, 9.17) is 9.47 Å². The summed E-state index contributed by atoms with van der Waals surface area (Å²) in [7, 11) is 0. The van der Waals surface area contributed by atoms with Gasteiger partial charge in [-0.25, -0.2) is 0 Å². The first-order valence-electron chi connectivity index (χ1n) is 8.55. The summed E-state index contributed by atoms with van der Waals surface area (Å²) in [6.45, 7) is 10.7. The van der Waals surface area contributed by atoms with E-state index in [0.29, 0.717) is 6.61 Å². The molecule has 2 N–H and O–H groups in total. The van der Waals surface area contributed by atoms with Gasteiger partial charge in [0.25, 0.3) is 0 Å². The lowest BCUT2D eigenvalue weighted by molar-refractivity contribution is 0.144. The number of unbranched alkanes of at least 4 members (excludes halogenated alkanes) is 1. The Morgan fingerprint density at radius 2 is 1.79 bits per heavy atom. The molecule has 1 aromatic carbocycles. The molecule has 0 bridgehead atoms. The summed E-state index contributed by atoms with van der Waals surface area (Å²) in [5, 5.41) is 6.53. The van der Waals surface area contributed by atoms with Gasteiger partial charge in [0, 0.05) is 26.3 Å². The van der Waals surface area contributed by atoms with Crippen molar-refractivity contribution in [2.24, 2.45) is 4.99 Å². The van der Waals surface area contributed by atoms with E-state index < -0.39 is 0 Å². The second-order valence-electron chi connectivity index (χ2n) is 5.25. The van der Waals surface area contributed by atoms with Crippen LogP contribution in [0.1, 0.15) is 32.3 Å². The van der Waals surface area contributed by atoms with E-state index in [9.17, 15) is 0 Å². The van der Waals surface area contributed by atoms with Crippen molar-refractivity contribution in [1.82, 2.24) is 10.6 Å². The van der Waals surface area contributed by atoms with Crippen LogP contribution in [0.3, 0.4) is 0 Å². The Labute approximate surface area is 163 Å². The number of hydrogen-bond acceptors (Lipinski definition) is 3. The van der Waals surface area contributed by atoms with Crippen molar-refractivity contribution in [3.8, 4) is 5.75 Å². The predicted octanol–water partition coefficient (Wildman–Crippen LogP) is 3.36. The molecule has 0 radical (unpaired) electrons. The number of guanidine groups is 1. The number of halogens is 1. The van der Waals surface area contributed by atoms with Gasteiger partial charge in [-0.2, -0.15) is 0 Å². The summed E-state index contributed by atoms with van der Waals surface area (Å²) in [6, 6.07) is 8.09. The van der Waals surface area contributed by atoms with Crippen LogP contribution in [-0.2, 0) is 4.74 Å². The number of ether oxygens (including phenoxy) is 2. The number of benzene rings is 1. The molecule has 0 saturated heterocycles. The van der Waals surface area contributed by atoms with Crippen molar-refractivity contribution in [2.75, 3.05) is 39.5 Å². The second-order valence-corrected chi connectivity index (χ2v) is 5.25. The van der Waals surface area contributed by atoms with E-state index in [1.807, 2.05) is 19.1 Å². The quantitative estimate of drug-likeness (QED) is 0.236. The van der Waals surface area contributed by atoms with Crippen LogP contribution in [-0.4, -0.2) is 45.4 Å². The highest BCUT2D eigenvalue weighted by molar-refractivity contribution is 14.0. The van der Waals surface area contributed by atoms with Gasteiger partial charge < -0.3 is 20.1 Å². The standard InChI is InChI=1S/C18H31N3O2.HI/c1-4-19-18(20-12-6-7-14-22-5-2)21-13-15-23-17-10-8-16(3)9-11-17;/h8-11H,4-7,12-15H2,1-3H3,(H2,19,20,21);1H. The largest absolute Gasteiger partial charge is 0.492 e. The molecule has 5 nitrogen and oxygen atoms in total. The van der Waals surface area contributed by atoms with E-state index >= 15 is 0 Å². The molecule has 0 aliphatic heterocycles. The van der Waals surface area contributed by atoms with Crippen LogP contribution >= 0.6 is 24.0 Å². The van der Waals surface area contributed by atoms with Crippen LogP contribution in [0.4, 0.5) is 0 Å². The molecule has 1 aromatic rings. The van der Waals surface area contributed by atoms with Gasteiger partial charge in [0.15, 0.2) is 5.96 Å². The number of nitrogens with zero attached hydrogens (tertiary/aromatic N) is 1. The van der Waals surface area contributed by atoms with Crippen LogP contribution in [0.2, 0.25) is 0 Å². The van der Waals surface area contributed by atoms with Gasteiger partial charge >= 0.3 is 0 Å². The smallest absolute Gasteiger partial charge is 0.191 e. The summed E-state index contributed by atoms with van der Waals surface area (Å²) in [5.74, 6) is 1.74. The van der Waals surface area contributed by atoms with Gasteiger partial charge in [0.2, 0.25) is 0 Å². The fourth-order valence-corrected chi connectivity index (χ4v) is 1.97. The highest BCUT2D eigenvalue weighted by Crippen LogP contribution is 2.10. The molecule has 0 saturated carbocycles. The SMILES string of the molecule is CCNC(=NCCCCOCC)NCCOc1ccc(C)cc1.I. The molecule has 1 rings (SSSR count). The average molecular weight is 449 g/mol. The Morgan fingerprint density at radius 3 is 2.46 bits per heavy atom. The van der Waals surface area contributed by atoms with E-state index in [2.05, 4.69) is 41.6 Å². The highest BCUT2D eigenvalue weighted by Gasteiger charge is 1.98. The third kappa shape index (κ3) is 11.5. The van der Waals surface area contributed by atoms with Crippen molar-refractivity contribution in [1.29, 1.82) is 0 Å². The summed E-state index contributed by atoms with van der Waals surface area (Å²) >= 11 is 0. The van der Waals surface area contributed by atoms with Gasteiger partial charge in [0.05, 0.1) is 6.54 Å². The Hall–Kier alpha value is -1.02.